The van der Waals surface area contributed by atoms with Crippen molar-refractivity contribution in [2.45, 2.75) is 44.4 Å². The molecule has 5 rings (SSSR count). The maximum absolute atomic E-state index is 15.2. The lowest BCUT2D eigenvalue weighted by molar-refractivity contribution is -0.157. The molecular weight excluding hydrogens is 445 g/mol. The van der Waals surface area contributed by atoms with Crippen molar-refractivity contribution in [3.05, 3.63) is 101 Å². The molecule has 6 heteroatoms. The number of carbonyl (C=O) groups excluding carboxylic acids is 2. The summed E-state index contributed by atoms with van der Waals surface area (Å²) in [5.74, 6) is -1.28. The van der Waals surface area contributed by atoms with Gasteiger partial charge in [-0.25, -0.2) is 4.39 Å². The highest BCUT2D eigenvalue weighted by Crippen LogP contribution is 2.57. The first-order chi connectivity index (χ1) is 16.7. The number of ether oxygens (including phenoxy) is 2. The third kappa shape index (κ3) is 3.92. The maximum atomic E-state index is 15.2. The molecule has 0 amide bonds. The molecule has 180 valence electrons. The molecule has 0 aliphatic carbocycles. The number of ketones is 1. The summed E-state index contributed by atoms with van der Waals surface area (Å²) in [7, 11) is 0. The summed E-state index contributed by atoms with van der Waals surface area (Å²) in [6.07, 6.45) is 0. The highest BCUT2D eigenvalue weighted by Gasteiger charge is 2.65. The number of esters is 1. The monoisotopic (exact) mass is 473 g/mol. The van der Waals surface area contributed by atoms with Crippen LogP contribution in [0, 0.1) is 11.2 Å². The van der Waals surface area contributed by atoms with Crippen LogP contribution < -0.4 is 10.1 Å². The zero-order valence-electron chi connectivity index (χ0n) is 20.0. The number of Topliss-reactive ketones (excluding diaryl/α,β-unsaturated/α-hetero) is 1. The molecule has 0 bridgehead atoms. The average molecular weight is 474 g/mol. The largest absolute Gasteiger partial charge is 0.492 e. The highest BCUT2D eigenvalue weighted by molar-refractivity contribution is 6.06. The van der Waals surface area contributed by atoms with Crippen LogP contribution in [-0.4, -0.2) is 30.0 Å². The molecule has 1 spiro atoms. The van der Waals surface area contributed by atoms with Crippen molar-refractivity contribution in [3.8, 4) is 5.75 Å². The van der Waals surface area contributed by atoms with E-state index in [-0.39, 0.29) is 12.4 Å². The number of fused-ring (bicyclic) bond motifs is 1. The number of hydrogen-bond acceptors (Lipinski definition) is 5. The lowest BCUT2D eigenvalue weighted by atomic mass is 9.62. The van der Waals surface area contributed by atoms with Gasteiger partial charge in [0.15, 0.2) is 5.78 Å². The summed E-state index contributed by atoms with van der Waals surface area (Å²) in [6.45, 7) is 5.39. The number of para-hydroxylation sites is 1. The Kier molecular flexibility index (Phi) is 5.72. The zero-order valence-corrected chi connectivity index (χ0v) is 20.0. The van der Waals surface area contributed by atoms with Crippen LogP contribution >= 0.6 is 0 Å². The Morgan fingerprint density at radius 3 is 2.37 bits per heavy atom. The molecule has 3 aromatic rings. The van der Waals surface area contributed by atoms with Gasteiger partial charge in [-0.1, -0.05) is 60.7 Å². The molecule has 5 nitrogen and oxygen atoms in total. The van der Waals surface area contributed by atoms with E-state index < -0.39 is 40.8 Å². The van der Waals surface area contributed by atoms with Gasteiger partial charge in [-0.05, 0) is 44.5 Å². The summed E-state index contributed by atoms with van der Waals surface area (Å²) >= 11 is 0. The molecule has 1 saturated heterocycles. The number of hydrogen-bond donors (Lipinski definition) is 1. The van der Waals surface area contributed by atoms with E-state index in [1.807, 2.05) is 36.4 Å². The molecule has 1 fully saturated rings. The van der Waals surface area contributed by atoms with Crippen LogP contribution in [0.5, 0.6) is 5.75 Å². The molecule has 35 heavy (non-hydrogen) atoms. The molecule has 2 heterocycles. The van der Waals surface area contributed by atoms with Gasteiger partial charge in [0.25, 0.3) is 0 Å². The Morgan fingerprint density at radius 1 is 1.00 bits per heavy atom. The lowest BCUT2D eigenvalue weighted by Crippen LogP contribution is -2.48. The Morgan fingerprint density at radius 2 is 1.66 bits per heavy atom. The van der Waals surface area contributed by atoms with Crippen molar-refractivity contribution >= 4 is 11.8 Å². The molecular formula is C29H28FNO4. The quantitative estimate of drug-likeness (QED) is 0.528. The molecule has 3 aromatic carbocycles. The number of benzene rings is 3. The molecule has 2 aliphatic rings. The van der Waals surface area contributed by atoms with E-state index in [0.717, 1.165) is 5.56 Å². The standard InChI is InChI=1S/C29H28FNO4/c1-28(2,3)35-27(33)24-23(18-11-5-4-6-12-18)29(25(31-24)19-13-7-9-15-21(19)30)17-34-22-16-10-8-14-20(22)26(29)32/h4-16,23-25,31H,17H2,1-3H3/t23-,24+,25+,29+/m1/s1. The first-order valence-electron chi connectivity index (χ1n) is 11.8. The van der Waals surface area contributed by atoms with Gasteiger partial charge < -0.3 is 9.47 Å². The molecule has 0 saturated carbocycles. The van der Waals surface area contributed by atoms with Crippen LogP contribution in [0.25, 0.3) is 0 Å². The van der Waals surface area contributed by atoms with Crippen LogP contribution in [0.2, 0.25) is 0 Å². The van der Waals surface area contributed by atoms with Crippen LogP contribution in [0.1, 0.15) is 54.2 Å². The van der Waals surface area contributed by atoms with Crippen molar-refractivity contribution in [3.63, 3.8) is 0 Å². The number of rotatable bonds is 3. The normalized spacial score (nSPS) is 25.7. The third-order valence-corrected chi connectivity index (χ3v) is 6.81. The maximum Gasteiger partial charge on any atom is 0.324 e. The summed E-state index contributed by atoms with van der Waals surface area (Å²) < 4.78 is 27.2. The van der Waals surface area contributed by atoms with Crippen molar-refractivity contribution in [2.75, 3.05) is 6.61 Å². The van der Waals surface area contributed by atoms with Crippen LogP contribution in [0.3, 0.4) is 0 Å². The number of nitrogens with one attached hydrogen (secondary N) is 1. The van der Waals surface area contributed by atoms with Gasteiger partial charge in [0.1, 0.15) is 29.8 Å². The van der Waals surface area contributed by atoms with Crippen molar-refractivity contribution in [1.82, 2.24) is 5.32 Å². The van der Waals surface area contributed by atoms with E-state index in [0.29, 0.717) is 16.9 Å². The van der Waals surface area contributed by atoms with Crippen molar-refractivity contribution in [2.24, 2.45) is 5.41 Å². The average Bonchev–Trinajstić information content (AvgIpc) is 3.17. The third-order valence-electron chi connectivity index (χ3n) is 6.81. The SMILES string of the molecule is CC(C)(C)OC(=O)[C@H]1N[C@@H](c2ccccc2F)[C@]2(COc3ccccc3C2=O)[C@@H]1c1ccccc1. The topological polar surface area (TPSA) is 64.6 Å². The molecule has 2 aliphatic heterocycles. The Balaban J connectivity index is 1.74. The van der Waals surface area contributed by atoms with Crippen LogP contribution in [0.15, 0.2) is 78.9 Å². The predicted octanol–water partition coefficient (Wildman–Crippen LogP) is 5.23. The van der Waals surface area contributed by atoms with Gasteiger partial charge in [-0.3, -0.25) is 14.9 Å². The second-order valence-electron chi connectivity index (χ2n) is 10.2. The van der Waals surface area contributed by atoms with Gasteiger partial charge >= 0.3 is 5.97 Å². The predicted molar refractivity (Wildman–Crippen MR) is 130 cm³/mol. The summed E-state index contributed by atoms with van der Waals surface area (Å²) in [5, 5.41) is 3.33. The molecule has 1 N–H and O–H groups in total. The van der Waals surface area contributed by atoms with Crippen molar-refractivity contribution in [1.29, 1.82) is 0 Å². The highest BCUT2D eigenvalue weighted by atomic mass is 19.1. The second-order valence-corrected chi connectivity index (χ2v) is 10.2. The Hall–Kier alpha value is -3.51. The minimum atomic E-state index is -1.28. The molecule has 0 aromatic heterocycles. The second kappa shape index (κ2) is 8.61. The molecule has 0 unspecified atom stereocenters. The van der Waals surface area contributed by atoms with E-state index >= 15 is 4.39 Å². The Bertz CT molecular complexity index is 1270. The minimum Gasteiger partial charge on any atom is -0.492 e. The summed E-state index contributed by atoms with van der Waals surface area (Å²) in [5.41, 5.74) is -0.489. The molecule has 4 atom stereocenters. The van der Waals surface area contributed by atoms with Crippen LogP contribution in [0.4, 0.5) is 4.39 Å². The molecule has 0 radical (unpaired) electrons. The van der Waals surface area contributed by atoms with Gasteiger partial charge in [-0.2, -0.15) is 0 Å². The van der Waals surface area contributed by atoms with E-state index in [2.05, 4.69) is 5.32 Å². The van der Waals surface area contributed by atoms with Gasteiger partial charge in [0.2, 0.25) is 0 Å². The lowest BCUT2D eigenvalue weighted by Gasteiger charge is -2.42. The van der Waals surface area contributed by atoms with Gasteiger partial charge in [-0.15, -0.1) is 0 Å². The Labute approximate surface area is 204 Å². The number of carbonyl (C=O) groups is 2. The summed E-state index contributed by atoms with van der Waals surface area (Å²) in [6, 6.07) is 21.1. The smallest absolute Gasteiger partial charge is 0.324 e. The minimum absolute atomic E-state index is 0.00624. The van der Waals surface area contributed by atoms with Crippen LogP contribution in [-0.2, 0) is 9.53 Å². The fourth-order valence-electron chi connectivity index (χ4n) is 5.44. The van der Waals surface area contributed by atoms with E-state index in [9.17, 15) is 9.59 Å². The van der Waals surface area contributed by atoms with E-state index in [4.69, 9.17) is 9.47 Å². The number of halogens is 1. The van der Waals surface area contributed by atoms with Gasteiger partial charge in [0, 0.05) is 11.5 Å². The van der Waals surface area contributed by atoms with E-state index in [1.165, 1.54) is 6.07 Å². The first kappa shape index (κ1) is 23.2. The fourth-order valence-corrected chi connectivity index (χ4v) is 5.44. The summed E-state index contributed by atoms with van der Waals surface area (Å²) in [4.78, 5) is 27.9. The zero-order chi connectivity index (χ0) is 24.8. The van der Waals surface area contributed by atoms with Gasteiger partial charge in [0.05, 0.1) is 17.0 Å². The van der Waals surface area contributed by atoms with E-state index in [1.54, 1.807) is 57.2 Å². The first-order valence-corrected chi connectivity index (χ1v) is 11.8. The van der Waals surface area contributed by atoms with Crippen molar-refractivity contribution < 1.29 is 23.5 Å². The fraction of sp³-hybridized carbons (Fsp3) is 0.310.